The SMILES string of the molecule is CC(C)(C)c1ccc(NCC(=O)N2CCN(c3ccccc3)CC2)cc1. The minimum atomic E-state index is 0.146. The average molecular weight is 351 g/mol. The van der Waals surface area contributed by atoms with Crippen LogP contribution in [-0.4, -0.2) is 43.5 Å². The van der Waals surface area contributed by atoms with Gasteiger partial charge in [0.1, 0.15) is 0 Å². The summed E-state index contributed by atoms with van der Waals surface area (Å²) in [5.41, 5.74) is 3.67. The van der Waals surface area contributed by atoms with Crippen LogP contribution in [0.2, 0.25) is 0 Å². The molecule has 2 aromatic rings. The fourth-order valence-corrected chi connectivity index (χ4v) is 3.23. The lowest BCUT2D eigenvalue weighted by atomic mass is 9.87. The number of nitrogens with zero attached hydrogens (tertiary/aromatic N) is 2. The van der Waals surface area contributed by atoms with Crippen molar-refractivity contribution in [1.29, 1.82) is 0 Å². The average Bonchev–Trinajstić information content (AvgIpc) is 2.66. The molecule has 1 aliphatic rings. The summed E-state index contributed by atoms with van der Waals surface area (Å²) in [5, 5.41) is 3.26. The number of hydrogen-bond donors (Lipinski definition) is 1. The van der Waals surface area contributed by atoms with Gasteiger partial charge in [-0.2, -0.15) is 0 Å². The lowest BCUT2D eigenvalue weighted by Gasteiger charge is -2.36. The molecule has 0 atom stereocenters. The Morgan fingerprint density at radius 1 is 0.923 bits per heavy atom. The summed E-state index contributed by atoms with van der Waals surface area (Å²) in [6.07, 6.45) is 0. The highest BCUT2D eigenvalue weighted by atomic mass is 16.2. The molecule has 138 valence electrons. The van der Waals surface area contributed by atoms with Crippen LogP contribution < -0.4 is 10.2 Å². The molecule has 1 saturated heterocycles. The monoisotopic (exact) mass is 351 g/mol. The zero-order valence-corrected chi connectivity index (χ0v) is 16.0. The zero-order valence-electron chi connectivity index (χ0n) is 16.0. The third-order valence-corrected chi connectivity index (χ3v) is 4.95. The Labute approximate surface area is 156 Å². The Morgan fingerprint density at radius 3 is 2.12 bits per heavy atom. The van der Waals surface area contributed by atoms with E-state index in [0.29, 0.717) is 6.54 Å². The van der Waals surface area contributed by atoms with Crippen LogP contribution in [0.15, 0.2) is 54.6 Å². The molecular weight excluding hydrogens is 322 g/mol. The molecule has 26 heavy (non-hydrogen) atoms. The van der Waals surface area contributed by atoms with Crippen molar-refractivity contribution in [3.63, 3.8) is 0 Å². The lowest BCUT2D eigenvalue weighted by Crippen LogP contribution is -2.50. The maximum atomic E-state index is 12.5. The minimum Gasteiger partial charge on any atom is -0.376 e. The number of piperazine rings is 1. The largest absolute Gasteiger partial charge is 0.376 e. The van der Waals surface area contributed by atoms with E-state index in [2.05, 4.69) is 79.5 Å². The van der Waals surface area contributed by atoms with Crippen molar-refractivity contribution in [2.75, 3.05) is 42.9 Å². The van der Waals surface area contributed by atoms with Crippen LogP contribution in [0.5, 0.6) is 0 Å². The van der Waals surface area contributed by atoms with Crippen molar-refractivity contribution >= 4 is 17.3 Å². The van der Waals surface area contributed by atoms with Gasteiger partial charge in [-0.05, 0) is 35.2 Å². The number of hydrogen-bond acceptors (Lipinski definition) is 3. The van der Waals surface area contributed by atoms with Crippen molar-refractivity contribution < 1.29 is 4.79 Å². The first-order chi connectivity index (χ1) is 12.4. The van der Waals surface area contributed by atoms with Gasteiger partial charge in [-0.1, -0.05) is 51.1 Å². The molecule has 3 rings (SSSR count). The molecule has 0 aliphatic carbocycles. The lowest BCUT2D eigenvalue weighted by molar-refractivity contribution is -0.129. The third-order valence-electron chi connectivity index (χ3n) is 4.95. The first kappa shape index (κ1) is 18.3. The molecule has 0 spiro atoms. The van der Waals surface area contributed by atoms with Crippen LogP contribution in [-0.2, 0) is 10.2 Å². The van der Waals surface area contributed by atoms with Crippen molar-refractivity contribution in [1.82, 2.24) is 4.90 Å². The molecule has 1 N–H and O–H groups in total. The number of carbonyl (C=O) groups is 1. The highest BCUT2D eigenvalue weighted by Gasteiger charge is 2.21. The molecule has 4 nitrogen and oxygen atoms in total. The smallest absolute Gasteiger partial charge is 0.241 e. The summed E-state index contributed by atoms with van der Waals surface area (Å²) < 4.78 is 0. The van der Waals surface area contributed by atoms with Gasteiger partial charge in [0, 0.05) is 37.6 Å². The van der Waals surface area contributed by atoms with Crippen LogP contribution in [0.1, 0.15) is 26.3 Å². The van der Waals surface area contributed by atoms with E-state index in [1.807, 2.05) is 11.0 Å². The number of rotatable bonds is 4. The van der Waals surface area contributed by atoms with E-state index < -0.39 is 0 Å². The standard InChI is InChI=1S/C22H29N3O/c1-22(2,3)18-9-11-19(12-10-18)23-17-21(26)25-15-13-24(14-16-25)20-7-5-4-6-8-20/h4-12,23H,13-17H2,1-3H3. The van der Waals surface area contributed by atoms with Gasteiger partial charge in [0.2, 0.25) is 5.91 Å². The van der Waals surface area contributed by atoms with Crippen molar-refractivity contribution in [3.8, 4) is 0 Å². The number of nitrogens with one attached hydrogen (secondary N) is 1. The van der Waals surface area contributed by atoms with Gasteiger partial charge in [0.25, 0.3) is 0 Å². The van der Waals surface area contributed by atoms with E-state index in [-0.39, 0.29) is 11.3 Å². The molecule has 0 radical (unpaired) electrons. The molecule has 2 aromatic carbocycles. The van der Waals surface area contributed by atoms with E-state index in [1.54, 1.807) is 0 Å². The van der Waals surface area contributed by atoms with E-state index in [1.165, 1.54) is 11.3 Å². The first-order valence-corrected chi connectivity index (χ1v) is 9.36. The topological polar surface area (TPSA) is 35.6 Å². The predicted octanol–water partition coefficient (Wildman–Crippen LogP) is 3.74. The molecule has 0 aromatic heterocycles. The minimum absolute atomic E-state index is 0.146. The van der Waals surface area contributed by atoms with E-state index in [9.17, 15) is 4.79 Å². The molecule has 1 fully saturated rings. The highest BCUT2D eigenvalue weighted by molar-refractivity contribution is 5.81. The Kier molecular flexibility index (Phi) is 5.50. The van der Waals surface area contributed by atoms with Gasteiger partial charge in [0.05, 0.1) is 6.54 Å². The van der Waals surface area contributed by atoms with Gasteiger partial charge in [-0.3, -0.25) is 4.79 Å². The van der Waals surface area contributed by atoms with E-state index >= 15 is 0 Å². The Balaban J connectivity index is 1.47. The number of carbonyl (C=O) groups excluding carboxylic acids is 1. The summed E-state index contributed by atoms with van der Waals surface area (Å²) >= 11 is 0. The van der Waals surface area contributed by atoms with Gasteiger partial charge >= 0.3 is 0 Å². The van der Waals surface area contributed by atoms with Gasteiger partial charge < -0.3 is 15.1 Å². The van der Waals surface area contributed by atoms with Crippen LogP contribution >= 0.6 is 0 Å². The second-order valence-corrected chi connectivity index (χ2v) is 7.88. The van der Waals surface area contributed by atoms with Crippen LogP contribution in [0.25, 0.3) is 0 Å². The summed E-state index contributed by atoms with van der Waals surface area (Å²) in [4.78, 5) is 16.8. The second-order valence-electron chi connectivity index (χ2n) is 7.88. The molecule has 0 bridgehead atoms. The molecule has 1 aliphatic heterocycles. The maximum Gasteiger partial charge on any atom is 0.241 e. The van der Waals surface area contributed by atoms with Crippen molar-refractivity contribution in [2.45, 2.75) is 26.2 Å². The third kappa shape index (κ3) is 4.57. The summed E-state index contributed by atoms with van der Waals surface area (Å²) in [7, 11) is 0. The number of anilines is 2. The number of para-hydroxylation sites is 1. The van der Waals surface area contributed by atoms with Gasteiger partial charge in [-0.15, -0.1) is 0 Å². The fourth-order valence-electron chi connectivity index (χ4n) is 3.23. The fraction of sp³-hybridized carbons (Fsp3) is 0.409. The molecule has 0 unspecified atom stereocenters. The van der Waals surface area contributed by atoms with Crippen LogP contribution in [0, 0.1) is 0 Å². The molecule has 1 amide bonds. The van der Waals surface area contributed by atoms with E-state index in [0.717, 1.165) is 31.9 Å². The summed E-state index contributed by atoms with van der Waals surface area (Å²) in [6, 6.07) is 18.8. The van der Waals surface area contributed by atoms with Crippen molar-refractivity contribution in [2.24, 2.45) is 0 Å². The van der Waals surface area contributed by atoms with Crippen LogP contribution in [0.3, 0.4) is 0 Å². The van der Waals surface area contributed by atoms with Gasteiger partial charge in [0.15, 0.2) is 0 Å². The summed E-state index contributed by atoms with van der Waals surface area (Å²) in [6.45, 7) is 10.3. The normalized spacial score (nSPS) is 15.0. The molecular formula is C22H29N3O. The molecule has 4 heteroatoms. The Bertz CT molecular complexity index is 711. The first-order valence-electron chi connectivity index (χ1n) is 9.36. The molecule has 0 saturated carbocycles. The van der Waals surface area contributed by atoms with Gasteiger partial charge in [-0.25, -0.2) is 0 Å². The second kappa shape index (κ2) is 7.81. The maximum absolute atomic E-state index is 12.5. The quantitative estimate of drug-likeness (QED) is 0.911. The predicted molar refractivity (Wildman–Crippen MR) is 109 cm³/mol. The number of benzene rings is 2. The molecule has 1 heterocycles. The Morgan fingerprint density at radius 2 is 1.54 bits per heavy atom. The Hall–Kier alpha value is -2.49. The number of amides is 1. The van der Waals surface area contributed by atoms with E-state index in [4.69, 9.17) is 0 Å². The van der Waals surface area contributed by atoms with Crippen LogP contribution in [0.4, 0.5) is 11.4 Å². The highest BCUT2D eigenvalue weighted by Crippen LogP contribution is 2.23. The van der Waals surface area contributed by atoms with Crippen molar-refractivity contribution in [3.05, 3.63) is 60.2 Å². The summed E-state index contributed by atoms with van der Waals surface area (Å²) in [5.74, 6) is 0.164. The zero-order chi connectivity index (χ0) is 18.6.